The second kappa shape index (κ2) is 10.6. The summed E-state index contributed by atoms with van der Waals surface area (Å²) in [6, 6.07) is 11.3. The zero-order valence-electron chi connectivity index (χ0n) is 15.7. The molecule has 3 rings (SSSR count). The van der Waals surface area contributed by atoms with Crippen LogP contribution in [0.15, 0.2) is 47.6 Å². The number of ether oxygens (including phenoxy) is 1. The van der Waals surface area contributed by atoms with E-state index in [1.54, 1.807) is 12.3 Å². The van der Waals surface area contributed by atoms with Crippen molar-refractivity contribution in [3.05, 3.63) is 65.2 Å². The van der Waals surface area contributed by atoms with E-state index in [-0.39, 0.29) is 42.4 Å². The van der Waals surface area contributed by atoms with Gasteiger partial charge in [-0.1, -0.05) is 24.3 Å². The average molecular weight is 484 g/mol. The molecule has 5 nitrogen and oxygen atoms in total. The van der Waals surface area contributed by atoms with Gasteiger partial charge < -0.3 is 15.0 Å². The molecule has 1 saturated heterocycles. The van der Waals surface area contributed by atoms with Crippen LogP contribution in [0.5, 0.6) is 0 Å². The molecule has 1 aliphatic rings. The van der Waals surface area contributed by atoms with Crippen molar-refractivity contribution >= 4 is 29.9 Å². The minimum atomic E-state index is -0.327. The Kier molecular flexibility index (Phi) is 8.43. The summed E-state index contributed by atoms with van der Waals surface area (Å²) in [7, 11) is 0. The van der Waals surface area contributed by atoms with Gasteiger partial charge in [0, 0.05) is 19.3 Å². The number of aryl methyl sites for hydroxylation is 1. The molecule has 1 aromatic carbocycles. The highest BCUT2D eigenvalue weighted by Crippen LogP contribution is 2.25. The van der Waals surface area contributed by atoms with Crippen LogP contribution >= 0.6 is 24.0 Å². The number of rotatable bonds is 4. The monoisotopic (exact) mass is 484 g/mol. The van der Waals surface area contributed by atoms with Gasteiger partial charge in [0.05, 0.1) is 25.4 Å². The SMILES string of the molecule is CCNC(=NCc1ncccc1F)N1CCOC(c2ccccc2C)C1.I. The number of aliphatic imine (C=N–C) groups is 1. The molecule has 0 saturated carbocycles. The maximum Gasteiger partial charge on any atom is 0.194 e. The molecule has 2 heterocycles. The van der Waals surface area contributed by atoms with Crippen molar-refractivity contribution in [2.24, 2.45) is 4.99 Å². The third-order valence-corrected chi connectivity index (χ3v) is 4.45. The first kappa shape index (κ1) is 21.6. The maximum atomic E-state index is 13.8. The molecular weight excluding hydrogens is 458 g/mol. The minimum absolute atomic E-state index is 0. The molecule has 0 aliphatic carbocycles. The van der Waals surface area contributed by atoms with Crippen LogP contribution in [0, 0.1) is 12.7 Å². The highest BCUT2D eigenvalue weighted by molar-refractivity contribution is 14.0. The Morgan fingerprint density at radius 1 is 1.33 bits per heavy atom. The molecule has 0 bridgehead atoms. The van der Waals surface area contributed by atoms with E-state index >= 15 is 0 Å². The van der Waals surface area contributed by atoms with E-state index in [1.165, 1.54) is 17.2 Å². The van der Waals surface area contributed by atoms with Crippen molar-refractivity contribution in [1.29, 1.82) is 0 Å². The van der Waals surface area contributed by atoms with Gasteiger partial charge in [-0.25, -0.2) is 9.38 Å². The first-order chi connectivity index (χ1) is 12.7. The second-order valence-electron chi connectivity index (χ2n) is 6.26. The Bertz CT molecular complexity index is 771. The molecule has 1 aliphatic heterocycles. The van der Waals surface area contributed by atoms with Gasteiger partial charge >= 0.3 is 0 Å². The number of halogens is 2. The number of pyridine rings is 1. The molecule has 1 fully saturated rings. The van der Waals surface area contributed by atoms with Crippen LogP contribution in [0.25, 0.3) is 0 Å². The van der Waals surface area contributed by atoms with E-state index in [9.17, 15) is 4.39 Å². The lowest BCUT2D eigenvalue weighted by Crippen LogP contribution is -2.48. The van der Waals surface area contributed by atoms with Crippen molar-refractivity contribution in [2.45, 2.75) is 26.5 Å². The average Bonchev–Trinajstić information content (AvgIpc) is 2.67. The summed E-state index contributed by atoms with van der Waals surface area (Å²) in [4.78, 5) is 10.8. The Morgan fingerprint density at radius 2 is 2.15 bits per heavy atom. The fraction of sp³-hybridized carbons (Fsp3) is 0.400. The first-order valence-corrected chi connectivity index (χ1v) is 8.98. The highest BCUT2D eigenvalue weighted by atomic mass is 127. The Hall–Kier alpha value is -1.74. The summed E-state index contributed by atoms with van der Waals surface area (Å²) < 4.78 is 19.8. The molecule has 1 N–H and O–H groups in total. The van der Waals surface area contributed by atoms with Crippen LogP contribution in [0.2, 0.25) is 0 Å². The van der Waals surface area contributed by atoms with E-state index in [1.807, 2.05) is 19.1 Å². The van der Waals surface area contributed by atoms with Crippen molar-refractivity contribution in [3.63, 3.8) is 0 Å². The number of guanidine groups is 1. The van der Waals surface area contributed by atoms with Crippen molar-refractivity contribution < 1.29 is 9.13 Å². The van der Waals surface area contributed by atoms with Crippen LogP contribution in [0.4, 0.5) is 4.39 Å². The van der Waals surface area contributed by atoms with Gasteiger partial charge in [0.15, 0.2) is 5.96 Å². The predicted molar refractivity (Wildman–Crippen MR) is 116 cm³/mol. The third kappa shape index (κ3) is 5.62. The minimum Gasteiger partial charge on any atom is -0.370 e. The van der Waals surface area contributed by atoms with Gasteiger partial charge in [0.2, 0.25) is 0 Å². The van der Waals surface area contributed by atoms with E-state index in [2.05, 4.69) is 39.2 Å². The molecular formula is C20H26FIN4O. The lowest BCUT2D eigenvalue weighted by molar-refractivity contribution is -0.00834. The number of hydrogen-bond donors (Lipinski definition) is 1. The molecule has 0 spiro atoms. The predicted octanol–water partition coefficient (Wildman–Crippen LogP) is 3.69. The van der Waals surface area contributed by atoms with Crippen LogP contribution in [-0.4, -0.2) is 42.1 Å². The van der Waals surface area contributed by atoms with Crippen LogP contribution in [0.3, 0.4) is 0 Å². The third-order valence-electron chi connectivity index (χ3n) is 4.45. The Labute approximate surface area is 177 Å². The van der Waals surface area contributed by atoms with Gasteiger partial charge in [-0.2, -0.15) is 0 Å². The van der Waals surface area contributed by atoms with Gasteiger partial charge in [-0.3, -0.25) is 4.98 Å². The van der Waals surface area contributed by atoms with E-state index < -0.39 is 0 Å². The number of aromatic nitrogens is 1. The standard InChI is InChI=1S/C20H25FN4O.HI/c1-3-22-20(24-13-18-17(21)9-6-10-23-18)25-11-12-26-19(14-25)16-8-5-4-7-15(16)2;/h4-10,19H,3,11-14H2,1-2H3,(H,22,24);1H. The molecule has 0 amide bonds. The zero-order valence-corrected chi connectivity index (χ0v) is 18.0. The van der Waals surface area contributed by atoms with Gasteiger partial charge in [-0.15, -0.1) is 24.0 Å². The quantitative estimate of drug-likeness (QED) is 0.409. The molecule has 7 heteroatoms. The number of nitrogens with one attached hydrogen (secondary N) is 1. The summed E-state index contributed by atoms with van der Waals surface area (Å²) >= 11 is 0. The van der Waals surface area contributed by atoms with Crippen LogP contribution in [-0.2, 0) is 11.3 Å². The van der Waals surface area contributed by atoms with Crippen LogP contribution in [0.1, 0.15) is 29.8 Å². The number of hydrogen-bond acceptors (Lipinski definition) is 3. The fourth-order valence-corrected chi connectivity index (χ4v) is 3.09. The lowest BCUT2D eigenvalue weighted by Gasteiger charge is -2.35. The normalized spacial score (nSPS) is 17.4. The number of morpholine rings is 1. The molecule has 146 valence electrons. The van der Waals surface area contributed by atoms with E-state index in [4.69, 9.17) is 4.74 Å². The topological polar surface area (TPSA) is 49.8 Å². The Morgan fingerprint density at radius 3 is 2.89 bits per heavy atom. The summed E-state index contributed by atoms with van der Waals surface area (Å²) in [6.45, 7) is 7.16. The van der Waals surface area contributed by atoms with Crippen molar-refractivity contribution in [2.75, 3.05) is 26.2 Å². The molecule has 2 aromatic rings. The molecule has 0 radical (unpaired) electrons. The van der Waals surface area contributed by atoms with Gasteiger partial charge in [0.25, 0.3) is 0 Å². The summed E-state index contributed by atoms with van der Waals surface area (Å²) in [5.74, 6) is 0.436. The van der Waals surface area contributed by atoms with E-state index in [0.29, 0.717) is 18.8 Å². The van der Waals surface area contributed by atoms with Crippen LogP contribution < -0.4 is 5.32 Å². The smallest absolute Gasteiger partial charge is 0.194 e. The molecule has 1 aromatic heterocycles. The highest BCUT2D eigenvalue weighted by Gasteiger charge is 2.25. The summed E-state index contributed by atoms with van der Waals surface area (Å²) in [5.41, 5.74) is 2.77. The van der Waals surface area contributed by atoms with Crippen molar-refractivity contribution in [3.8, 4) is 0 Å². The first-order valence-electron chi connectivity index (χ1n) is 8.98. The fourth-order valence-electron chi connectivity index (χ4n) is 3.09. The van der Waals surface area contributed by atoms with E-state index in [0.717, 1.165) is 19.0 Å². The number of nitrogens with zero attached hydrogens (tertiary/aromatic N) is 3. The lowest BCUT2D eigenvalue weighted by atomic mass is 10.0. The molecule has 1 atom stereocenters. The largest absolute Gasteiger partial charge is 0.370 e. The molecule has 27 heavy (non-hydrogen) atoms. The van der Waals surface area contributed by atoms with Gasteiger partial charge in [-0.05, 0) is 37.1 Å². The second-order valence-corrected chi connectivity index (χ2v) is 6.26. The maximum absolute atomic E-state index is 13.8. The van der Waals surface area contributed by atoms with Crippen molar-refractivity contribution in [1.82, 2.24) is 15.2 Å². The summed E-state index contributed by atoms with van der Waals surface area (Å²) in [5, 5.41) is 3.30. The molecule has 1 unspecified atom stereocenters. The number of benzene rings is 1. The zero-order chi connectivity index (χ0) is 18.4. The van der Waals surface area contributed by atoms with Gasteiger partial charge in [0.1, 0.15) is 11.9 Å². The summed E-state index contributed by atoms with van der Waals surface area (Å²) in [6.07, 6.45) is 1.59. The Balaban J connectivity index is 0.00000261.